The molecule has 8 heteroatoms. The lowest BCUT2D eigenvalue weighted by atomic mass is 10.2. The number of carbonyl (C=O) groups excluding carboxylic acids is 1. The number of benzene rings is 1. The van der Waals surface area contributed by atoms with Crippen LogP contribution in [0.15, 0.2) is 29.2 Å². The smallest absolute Gasteiger partial charge is 0.325 e. The molecule has 1 rings (SSSR count). The minimum absolute atomic E-state index is 0.0437. The fraction of sp³-hybridized carbons (Fsp3) is 0.333. The quantitative estimate of drug-likeness (QED) is 0.694. The Morgan fingerprint density at radius 1 is 1.25 bits per heavy atom. The number of rotatable bonds is 6. The molecule has 0 bridgehead atoms. The maximum atomic E-state index is 11.7. The average Bonchev–Trinajstić information content (AvgIpc) is 2.38. The normalized spacial score (nSPS) is 12.7. The Bertz CT molecular complexity index is 595. The summed E-state index contributed by atoms with van der Waals surface area (Å²) in [5.74, 6) is -1.73. The summed E-state index contributed by atoms with van der Waals surface area (Å²) in [5.41, 5.74) is 0.188. The topological polar surface area (TPSA) is 113 Å². The summed E-state index contributed by atoms with van der Waals surface area (Å²) in [6.45, 7) is 3.26. The highest BCUT2D eigenvalue weighted by atomic mass is 32.2. The van der Waals surface area contributed by atoms with E-state index >= 15 is 0 Å². The van der Waals surface area contributed by atoms with Crippen molar-refractivity contribution in [1.82, 2.24) is 10.0 Å². The van der Waals surface area contributed by atoms with Crippen molar-refractivity contribution in [3.8, 4) is 0 Å². The van der Waals surface area contributed by atoms with Gasteiger partial charge in [0.25, 0.3) is 5.91 Å². The van der Waals surface area contributed by atoms with E-state index in [1.807, 2.05) is 0 Å². The zero-order chi connectivity index (χ0) is 15.3. The van der Waals surface area contributed by atoms with Crippen molar-refractivity contribution in [3.05, 3.63) is 29.8 Å². The predicted octanol–water partition coefficient (Wildman–Crippen LogP) is 0.188. The lowest BCUT2D eigenvalue weighted by Crippen LogP contribution is -2.38. The summed E-state index contributed by atoms with van der Waals surface area (Å²) in [6.07, 6.45) is 0. The third kappa shape index (κ3) is 4.04. The van der Waals surface area contributed by atoms with Crippen LogP contribution >= 0.6 is 0 Å². The number of carboxylic acid groups (broad SMARTS) is 1. The molecule has 0 aliphatic rings. The number of nitrogens with one attached hydrogen (secondary N) is 2. The number of carbonyl (C=O) groups is 2. The van der Waals surface area contributed by atoms with Crippen molar-refractivity contribution in [3.63, 3.8) is 0 Å². The first kappa shape index (κ1) is 16.1. The number of carboxylic acids is 1. The summed E-state index contributed by atoms with van der Waals surface area (Å²) < 4.78 is 25.7. The minimum Gasteiger partial charge on any atom is -0.480 e. The summed E-state index contributed by atoms with van der Waals surface area (Å²) in [7, 11) is -3.57. The second kappa shape index (κ2) is 6.49. The van der Waals surface area contributed by atoms with Gasteiger partial charge in [0.05, 0.1) is 4.90 Å². The number of amides is 1. The molecular weight excluding hydrogens is 284 g/mol. The number of sulfonamides is 1. The van der Waals surface area contributed by atoms with Crippen LogP contribution in [-0.2, 0) is 14.8 Å². The van der Waals surface area contributed by atoms with Gasteiger partial charge in [-0.15, -0.1) is 0 Å². The lowest BCUT2D eigenvalue weighted by Gasteiger charge is -2.10. The van der Waals surface area contributed by atoms with Gasteiger partial charge in [0.15, 0.2) is 0 Å². The molecule has 0 aliphatic heterocycles. The van der Waals surface area contributed by atoms with Crippen LogP contribution < -0.4 is 10.0 Å². The van der Waals surface area contributed by atoms with Gasteiger partial charge in [-0.05, 0) is 31.2 Å². The molecule has 110 valence electrons. The van der Waals surface area contributed by atoms with Crippen LogP contribution in [0.3, 0.4) is 0 Å². The second-order valence-corrected chi connectivity index (χ2v) is 5.83. The first-order chi connectivity index (χ1) is 9.27. The molecule has 0 fully saturated rings. The molecule has 0 saturated heterocycles. The standard InChI is InChI=1S/C12H16N2O5S/c1-3-13-20(18,19)10-6-4-9(5-7-10)11(15)14-8(2)12(16)17/h4-8,13H,3H2,1-2H3,(H,14,15)(H,16,17)/t8-/m0/s1. The fourth-order valence-corrected chi connectivity index (χ4v) is 2.44. The van der Waals surface area contributed by atoms with Gasteiger partial charge in [-0.1, -0.05) is 6.92 Å². The van der Waals surface area contributed by atoms with Crippen LogP contribution in [0.1, 0.15) is 24.2 Å². The summed E-state index contributed by atoms with van der Waals surface area (Å²) >= 11 is 0. The van der Waals surface area contributed by atoms with E-state index in [4.69, 9.17) is 5.11 Å². The highest BCUT2D eigenvalue weighted by Gasteiger charge is 2.17. The minimum atomic E-state index is -3.57. The van der Waals surface area contributed by atoms with Crippen molar-refractivity contribution in [1.29, 1.82) is 0 Å². The highest BCUT2D eigenvalue weighted by molar-refractivity contribution is 7.89. The van der Waals surface area contributed by atoms with E-state index in [9.17, 15) is 18.0 Å². The molecule has 0 aliphatic carbocycles. The van der Waals surface area contributed by atoms with Gasteiger partial charge < -0.3 is 10.4 Å². The SMILES string of the molecule is CCNS(=O)(=O)c1ccc(C(=O)N[C@@H](C)C(=O)O)cc1. The van der Waals surface area contributed by atoms with Gasteiger partial charge in [-0.25, -0.2) is 13.1 Å². The number of aliphatic carboxylic acids is 1. The molecule has 0 heterocycles. The van der Waals surface area contributed by atoms with E-state index < -0.39 is 27.9 Å². The molecule has 1 atom stereocenters. The van der Waals surface area contributed by atoms with E-state index in [-0.39, 0.29) is 17.0 Å². The summed E-state index contributed by atoms with van der Waals surface area (Å²) in [5, 5.41) is 11.0. The van der Waals surface area contributed by atoms with Gasteiger partial charge in [-0.2, -0.15) is 0 Å². The molecule has 7 nitrogen and oxygen atoms in total. The van der Waals surface area contributed by atoms with Crippen LogP contribution in [0.4, 0.5) is 0 Å². The average molecular weight is 300 g/mol. The van der Waals surface area contributed by atoms with Gasteiger partial charge in [0.1, 0.15) is 6.04 Å². The van der Waals surface area contributed by atoms with Crippen molar-refractivity contribution in [2.45, 2.75) is 24.8 Å². The van der Waals surface area contributed by atoms with Crippen LogP contribution in [-0.4, -0.2) is 38.0 Å². The monoisotopic (exact) mass is 300 g/mol. The Morgan fingerprint density at radius 3 is 2.25 bits per heavy atom. The van der Waals surface area contributed by atoms with Crippen molar-refractivity contribution in [2.75, 3.05) is 6.54 Å². The Balaban J connectivity index is 2.87. The molecule has 0 radical (unpaired) electrons. The lowest BCUT2D eigenvalue weighted by molar-refractivity contribution is -0.138. The molecule has 1 amide bonds. The fourth-order valence-electron chi connectivity index (χ4n) is 1.40. The van der Waals surface area contributed by atoms with E-state index in [2.05, 4.69) is 10.0 Å². The first-order valence-corrected chi connectivity index (χ1v) is 7.39. The van der Waals surface area contributed by atoms with Gasteiger partial charge in [-0.3, -0.25) is 9.59 Å². The molecule has 1 aromatic rings. The van der Waals surface area contributed by atoms with Gasteiger partial charge >= 0.3 is 5.97 Å². The van der Waals surface area contributed by atoms with Crippen LogP contribution in [0.5, 0.6) is 0 Å². The van der Waals surface area contributed by atoms with Crippen molar-refractivity contribution < 1.29 is 23.1 Å². The highest BCUT2D eigenvalue weighted by Crippen LogP contribution is 2.10. The molecular formula is C12H16N2O5S. The summed E-state index contributed by atoms with van der Waals surface area (Å²) in [4.78, 5) is 22.4. The van der Waals surface area contributed by atoms with E-state index in [0.29, 0.717) is 0 Å². The predicted molar refractivity (Wildman–Crippen MR) is 71.9 cm³/mol. The van der Waals surface area contributed by atoms with Crippen LogP contribution in [0.25, 0.3) is 0 Å². The number of hydrogen-bond acceptors (Lipinski definition) is 4. The Morgan fingerprint density at radius 2 is 1.80 bits per heavy atom. The Labute approximate surface area is 117 Å². The van der Waals surface area contributed by atoms with E-state index in [0.717, 1.165) is 0 Å². The third-order valence-corrected chi connectivity index (χ3v) is 4.04. The van der Waals surface area contributed by atoms with Crippen molar-refractivity contribution >= 4 is 21.9 Å². The zero-order valence-electron chi connectivity index (χ0n) is 11.1. The van der Waals surface area contributed by atoms with Crippen LogP contribution in [0.2, 0.25) is 0 Å². The second-order valence-electron chi connectivity index (χ2n) is 4.06. The first-order valence-electron chi connectivity index (χ1n) is 5.91. The molecule has 1 aromatic carbocycles. The number of hydrogen-bond donors (Lipinski definition) is 3. The largest absolute Gasteiger partial charge is 0.480 e. The van der Waals surface area contributed by atoms with Gasteiger partial charge in [0, 0.05) is 12.1 Å². The Kier molecular flexibility index (Phi) is 5.23. The molecule has 0 unspecified atom stereocenters. The zero-order valence-corrected chi connectivity index (χ0v) is 11.9. The molecule has 20 heavy (non-hydrogen) atoms. The van der Waals surface area contributed by atoms with Crippen molar-refractivity contribution in [2.24, 2.45) is 0 Å². The molecule has 0 aromatic heterocycles. The molecule has 0 spiro atoms. The van der Waals surface area contributed by atoms with E-state index in [1.54, 1.807) is 6.92 Å². The molecule has 0 saturated carbocycles. The maximum Gasteiger partial charge on any atom is 0.325 e. The maximum absolute atomic E-state index is 11.7. The van der Waals surface area contributed by atoms with Crippen LogP contribution in [0, 0.1) is 0 Å². The van der Waals surface area contributed by atoms with Gasteiger partial charge in [0.2, 0.25) is 10.0 Å². The third-order valence-electron chi connectivity index (χ3n) is 2.48. The van der Waals surface area contributed by atoms with E-state index in [1.165, 1.54) is 31.2 Å². The Hall–Kier alpha value is -1.93. The summed E-state index contributed by atoms with van der Waals surface area (Å²) in [6, 6.07) is 4.21. The molecule has 3 N–H and O–H groups in total.